The van der Waals surface area contributed by atoms with Gasteiger partial charge in [-0.15, -0.1) is 11.3 Å². The van der Waals surface area contributed by atoms with Gasteiger partial charge in [-0.3, -0.25) is 4.79 Å². The predicted octanol–water partition coefficient (Wildman–Crippen LogP) is 5.79. The highest BCUT2D eigenvalue weighted by Crippen LogP contribution is 2.39. The first kappa shape index (κ1) is 25.9. The van der Waals surface area contributed by atoms with Crippen LogP contribution in [0.1, 0.15) is 63.6 Å². The third-order valence-corrected chi connectivity index (χ3v) is 7.04. The molecular weight excluding hydrogens is 492 g/mol. The topological polar surface area (TPSA) is 119 Å². The number of fused-ring (bicyclic) bond motifs is 1. The average Bonchev–Trinajstić information content (AvgIpc) is 3.52. The van der Waals surface area contributed by atoms with Gasteiger partial charge < -0.3 is 19.2 Å². The van der Waals surface area contributed by atoms with E-state index in [1.165, 1.54) is 17.4 Å². The number of furan rings is 1. The van der Waals surface area contributed by atoms with E-state index in [1.807, 2.05) is 6.07 Å². The number of hydrogen-bond acceptors (Lipinski definition) is 8. The van der Waals surface area contributed by atoms with Crippen molar-refractivity contribution < 1.29 is 28.3 Å². The summed E-state index contributed by atoms with van der Waals surface area (Å²) in [6.45, 7) is 4.00. The van der Waals surface area contributed by atoms with Crippen molar-refractivity contribution in [3.05, 3.63) is 69.3 Å². The number of thiophene rings is 1. The van der Waals surface area contributed by atoms with Crippen LogP contribution < -0.4 is 5.32 Å². The molecule has 0 radical (unpaired) electrons. The van der Waals surface area contributed by atoms with Crippen LogP contribution in [0.25, 0.3) is 17.4 Å². The molecule has 1 aromatic carbocycles. The van der Waals surface area contributed by atoms with Crippen LogP contribution in [0.15, 0.2) is 46.4 Å². The Balaban J connectivity index is 1.54. The van der Waals surface area contributed by atoms with Crippen molar-refractivity contribution in [2.24, 2.45) is 0 Å². The predicted molar refractivity (Wildman–Crippen MR) is 139 cm³/mol. The molecule has 2 heterocycles. The SMILES string of the molecule is CCOC(=O)c1ccc(-c2ccc(/C=C(\C#N)C(=O)Nc3sc4c(c3C(=O)OCC)CCCC4)o2)cc1. The summed E-state index contributed by atoms with van der Waals surface area (Å²) in [6, 6.07) is 12.0. The zero-order valence-corrected chi connectivity index (χ0v) is 21.4. The van der Waals surface area contributed by atoms with Crippen LogP contribution in [0.3, 0.4) is 0 Å². The fourth-order valence-electron chi connectivity index (χ4n) is 4.11. The summed E-state index contributed by atoms with van der Waals surface area (Å²) in [6.07, 6.45) is 4.95. The summed E-state index contributed by atoms with van der Waals surface area (Å²) < 4.78 is 16.0. The molecule has 0 saturated carbocycles. The number of hydrogen-bond donors (Lipinski definition) is 1. The smallest absolute Gasteiger partial charge is 0.341 e. The van der Waals surface area contributed by atoms with Gasteiger partial charge >= 0.3 is 11.9 Å². The van der Waals surface area contributed by atoms with Crippen molar-refractivity contribution in [1.29, 1.82) is 5.26 Å². The van der Waals surface area contributed by atoms with Gasteiger partial charge in [-0.25, -0.2) is 9.59 Å². The first-order valence-corrected chi connectivity index (χ1v) is 12.9. The van der Waals surface area contributed by atoms with Crippen molar-refractivity contribution in [2.45, 2.75) is 39.5 Å². The molecule has 3 aromatic rings. The summed E-state index contributed by atoms with van der Waals surface area (Å²) in [4.78, 5) is 38.6. The monoisotopic (exact) mass is 518 g/mol. The number of carbonyl (C=O) groups excluding carboxylic acids is 3. The summed E-state index contributed by atoms with van der Waals surface area (Å²) in [5.41, 5.74) is 2.30. The van der Waals surface area contributed by atoms with Gasteiger partial charge in [-0.2, -0.15) is 5.26 Å². The Labute approximate surface area is 218 Å². The fourth-order valence-corrected chi connectivity index (χ4v) is 5.38. The average molecular weight is 519 g/mol. The number of carbonyl (C=O) groups is 3. The zero-order valence-electron chi connectivity index (χ0n) is 20.6. The molecule has 0 aliphatic heterocycles. The lowest BCUT2D eigenvalue weighted by Gasteiger charge is -2.12. The van der Waals surface area contributed by atoms with Crippen molar-refractivity contribution in [2.75, 3.05) is 18.5 Å². The van der Waals surface area contributed by atoms with Gasteiger partial charge in [-0.05, 0) is 69.4 Å². The minimum atomic E-state index is -0.636. The molecule has 8 nitrogen and oxygen atoms in total. The molecule has 1 aliphatic rings. The summed E-state index contributed by atoms with van der Waals surface area (Å²) in [5, 5.41) is 12.8. The van der Waals surface area contributed by atoms with Gasteiger partial charge in [0.2, 0.25) is 0 Å². The van der Waals surface area contributed by atoms with Crippen molar-refractivity contribution in [3.63, 3.8) is 0 Å². The molecule has 1 N–H and O–H groups in total. The van der Waals surface area contributed by atoms with Crippen LogP contribution >= 0.6 is 11.3 Å². The molecular formula is C28H26N2O6S. The van der Waals surface area contributed by atoms with Gasteiger partial charge in [0.1, 0.15) is 28.2 Å². The minimum Gasteiger partial charge on any atom is -0.462 e. The molecule has 0 bridgehead atoms. The second kappa shape index (κ2) is 11.7. The molecule has 4 rings (SSSR count). The third-order valence-electron chi connectivity index (χ3n) is 5.84. The van der Waals surface area contributed by atoms with Crippen LogP contribution in [0, 0.1) is 11.3 Å². The molecule has 0 saturated heterocycles. The molecule has 37 heavy (non-hydrogen) atoms. The van der Waals surface area contributed by atoms with E-state index in [4.69, 9.17) is 13.9 Å². The van der Waals surface area contributed by atoms with E-state index in [0.29, 0.717) is 34.3 Å². The normalized spacial score (nSPS) is 12.8. The molecule has 9 heteroatoms. The summed E-state index contributed by atoms with van der Waals surface area (Å²) >= 11 is 1.36. The maximum atomic E-state index is 13.0. The highest BCUT2D eigenvalue weighted by Gasteiger charge is 2.28. The number of benzene rings is 1. The number of amides is 1. The van der Waals surface area contributed by atoms with Gasteiger partial charge in [0.25, 0.3) is 5.91 Å². The highest BCUT2D eigenvalue weighted by atomic mass is 32.1. The Morgan fingerprint density at radius 2 is 1.73 bits per heavy atom. The molecule has 0 fully saturated rings. The zero-order chi connectivity index (χ0) is 26.4. The molecule has 0 spiro atoms. The number of nitrogens with zero attached hydrogens (tertiary/aromatic N) is 1. The molecule has 190 valence electrons. The van der Waals surface area contributed by atoms with Gasteiger partial charge in [0.05, 0.1) is 24.3 Å². The van der Waals surface area contributed by atoms with Gasteiger partial charge in [-0.1, -0.05) is 12.1 Å². The summed E-state index contributed by atoms with van der Waals surface area (Å²) in [5.74, 6) is -0.686. The van der Waals surface area contributed by atoms with Gasteiger partial charge in [0.15, 0.2) is 0 Å². The van der Waals surface area contributed by atoms with Crippen LogP contribution in [0.2, 0.25) is 0 Å². The lowest BCUT2D eigenvalue weighted by molar-refractivity contribution is -0.112. The summed E-state index contributed by atoms with van der Waals surface area (Å²) in [7, 11) is 0. The number of aryl methyl sites for hydroxylation is 1. The standard InChI is InChI=1S/C28H26N2O6S/c1-3-34-27(32)18-11-9-17(10-12-18)22-14-13-20(36-22)15-19(16-29)25(31)30-26-24(28(33)35-4-2)21-7-5-6-8-23(21)37-26/h9-15H,3-8H2,1-2H3,(H,30,31)/b19-15+. The molecule has 2 aromatic heterocycles. The number of ether oxygens (including phenoxy) is 2. The quantitative estimate of drug-likeness (QED) is 0.228. The Bertz CT molecular complexity index is 1390. The van der Waals surface area contributed by atoms with E-state index >= 15 is 0 Å². The van der Waals surface area contributed by atoms with Crippen molar-refractivity contribution in [1.82, 2.24) is 0 Å². The molecule has 1 aliphatic carbocycles. The van der Waals surface area contributed by atoms with E-state index in [1.54, 1.807) is 50.2 Å². The van der Waals surface area contributed by atoms with Crippen LogP contribution in [-0.4, -0.2) is 31.1 Å². The molecule has 0 unspecified atom stereocenters. The Morgan fingerprint density at radius 1 is 1.03 bits per heavy atom. The second-order valence-electron chi connectivity index (χ2n) is 8.26. The van der Waals surface area contributed by atoms with E-state index in [2.05, 4.69) is 5.32 Å². The first-order valence-electron chi connectivity index (χ1n) is 12.1. The second-order valence-corrected chi connectivity index (χ2v) is 9.36. The van der Waals surface area contributed by atoms with E-state index in [0.717, 1.165) is 41.7 Å². The van der Waals surface area contributed by atoms with E-state index < -0.39 is 17.8 Å². The third kappa shape index (κ3) is 5.81. The Morgan fingerprint density at radius 3 is 2.43 bits per heavy atom. The number of rotatable bonds is 8. The largest absolute Gasteiger partial charge is 0.462 e. The van der Waals surface area contributed by atoms with Crippen molar-refractivity contribution in [3.8, 4) is 17.4 Å². The van der Waals surface area contributed by atoms with E-state index in [-0.39, 0.29) is 12.2 Å². The lowest BCUT2D eigenvalue weighted by atomic mass is 9.95. The number of esters is 2. The van der Waals surface area contributed by atoms with Crippen LogP contribution in [0.4, 0.5) is 5.00 Å². The fraction of sp³-hybridized carbons (Fsp3) is 0.286. The minimum absolute atomic E-state index is 0.167. The Hall–Kier alpha value is -4.16. The molecule has 1 amide bonds. The molecule has 0 atom stereocenters. The maximum absolute atomic E-state index is 13.0. The number of nitriles is 1. The highest BCUT2D eigenvalue weighted by molar-refractivity contribution is 7.17. The van der Waals surface area contributed by atoms with Gasteiger partial charge in [0, 0.05) is 16.5 Å². The lowest BCUT2D eigenvalue weighted by Crippen LogP contribution is -2.16. The first-order chi connectivity index (χ1) is 17.9. The number of nitrogens with one attached hydrogen (secondary N) is 1. The van der Waals surface area contributed by atoms with Crippen LogP contribution in [-0.2, 0) is 27.1 Å². The number of anilines is 1. The maximum Gasteiger partial charge on any atom is 0.341 e. The Kier molecular flexibility index (Phi) is 8.21. The van der Waals surface area contributed by atoms with Crippen LogP contribution in [0.5, 0.6) is 0 Å². The van der Waals surface area contributed by atoms with Crippen molar-refractivity contribution >= 4 is 40.3 Å². The van der Waals surface area contributed by atoms with E-state index in [9.17, 15) is 19.6 Å².